The smallest absolute Gasteiger partial charge is 0.165 e. The largest absolute Gasteiger partial charge is 0.494 e. The molecule has 0 aliphatic heterocycles. The normalized spacial score (nSPS) is 10.8. The molecule has 2 nitrogen and oxygen atoms in total. The fraction of sp³-hybridized carbons (Fsp3) is 0.538. The quantitative estimate of drug-likeness (QED) is 0.803. The van der Waals surface area contributed by atoms with Gasteiger partial charge in [0.1, 0.15) is 0 Å². The molecule has 16 heavy (non-hydrogen) atoms. The van der Waals surface area contributed by atoms with Gasteiger partial charge in [-0.3, -0.25) is 0 Å². The van der Waals surface area contributed by atoms with Crippen molar-refractivity contribution in [2.24, 2.45) is 0 Å². The summed E-state index contributed by atoms with van der Waals surface area (Å²) >= 11 is 0. The lowest BCUT2D eigenvalue weighted by Gasteiger charge is -2.14. The highest BCUT2D eigenvalue weighted by Crippen LogP contribution is 2.17. The summed E-state index contributed by atoms with van der Waals surface area (Å²) in [4.78, 5) is 0. The molecule has 1 aromatic carbocycles. The van der Waals surface area contributed by atoms with Gasteiger partial charge in [-0.25, -0.2) is 4.39 Å². The van der Waals surface area contributed by atoms with Crippen LogP contribution in [0.2, 0.25) is 0 Å². The van der Waals surface area contributed by atoms with Gasteiger partial charge in [0.05, 0.1) is 7.11 Å². The van der Waals surface area contributed by atoms with Gasteiger partial charge in [0.2, 0.25) is 0 Å². The van der Waals surface area contributed by atoms with E-state index in [0.717, 1.165) is 18.4 Å². The number of benzene rings is 1. The average Bonchev–Trinajstić information content (AvgIpc) is 2.30. The second-order valence-electron chi connectivity index (χ2n) is 3.86. The molecule has 0 spiro atoms. The third kappa shape index (κ3) is 3.49. The Kier molecular flexibility index (Phi) is 5.26. The Labute approximate surface area is 96.8 Å². The number of rotatable bonds is 6. The van der Waals surface area contributed by atoms with Gasteiger partial charge in [-0.05, 0) is 30.5 Å². The molecular weight excluding hydrogens is 205 g/mol. The Bertz CT molecular complexity index is 324. The summed E-state index contributed by atoms with van der Waals surface area (Å²) in [5.74, 6) is -0.00219. The molecule has 1 rings (SSSR count). The standard InChI is InChI=1S/C13H20FNO/c1-4-11(5-2)15-9-10-6-7-13(16-3)12(14)8-10/h6-8,11,15H,4-5,9H2,1-3H3. The Morgan fingerprint density at radius 3 is 2.50 bits per heavy atom. The molecule has 0 saturated heterocycles. The fourth-order valence-corrected chi connectivity index (χ4v) is 1.66. The highest BCUT2D eigenvalue weighted by atomic mass is 19.1. The molecule has 0 aliphatic rings. The van der Waals surface area contributed by atoms with Gasteiger partial charge >= 0.3 is 0 Å². The number of halogens is 1. The summed E-state index contributed by atoms with van der Waals surface area (Å²) in [5, 5.41) is 3.39. The van der Waals surface area contributed by atoms with E-state index in [0.29, 0.717) is 18.3 Å². The molecule has 0 aromatic heterocycles. The maximum atomic E-state index is 13.4. The van der Waals surface area contributed by atoms with Crippen LogP contribution in [0, 0.1) is 5.82 Å². The van der Waals surface area contributed by atoms with Gasteiger partial charge in [0.15, 0.2) is 11.6 Å². The predicted octanol–water partition coefficient (Wildman–Crippen LogP) is 3.11. The first-order chi connectivity index (χ1) is 7.71. The summed E-state index contributed by atoms with van der Waals surface area (Å²) in [6.45, 7) is 5.00. The molecule has 0 radical (unpaired) electrons. The van der Waals surface area contributed by atoms with Crippen LogP contribution in [0.1, 0.15) is 32.3 Å². The number of nitrogens with one attached hydrogen (secondary N) is 1. The molecule has 0 aliphatic carbocycles. The average molecular weight is 225 g/mol. The predicted molar refractivity (Wildman–Crippen MR) is 64.2 cm³/mol. The van der Waals surface area contributed by atoms with Crippen LogP contribution >= 0.6 is 0 Å². The van der Waals surface area contributed by atoms with Crippen LogP contribution in [0.3, 0.4) is 0 Å². The maximum Gasteiger partial charge on any atom is 0.165 e. The number of methoxy groups -OCH3 is 1. The summed E-state index contributed by atoms with van der Waals surface area (Å²) in [6, 6.07) is 5.58. The van der Waals surface area contributed by atoms with Crippen LogP contribution in [0.15, 0.2) is 18.2 Å². The van der Waals surface area contributed by atoms with Gasteiger partial charge in [-0.1, -0.05) is 19.9 Å². The molecule has 1 aromatic rings. The van der Waals surface area contributed by atoms with Crippen molar-refractivity contribution in [3.05, 3.63) is 29.6 Å². The van der Waals surface area contributed by atoms with Gasteiger partial charge in [0.25, 0.3) is 0 Å². The van der Waals surface area contributed by atoms with E-state index in [2.05, 4.69) is 19.2 Å². The van der Waals surface area contributed by atoms with Gasteiger partial charge in [0, 0.05) is 12.6 Å². The minimum Gasteiger partial charge on any atom is -0.494 e. The minimum atomic E-state index is -0.300. The van der Waals surface area contributed by atoms with Crippen molar-refractivity contribution in [3.8, 4) is 5.75 Å². The third-order valence-corrected chi connectivity index (χ3v) is 2.80. The van der Waals surface area contributed by atoms with Crippen LogP contribution in [0.4, 0.5) is 4.39 Å². The molecule has 0 atom stereocenters. The summed E-state index contributed by atoms with van der Waals surface area (Å²) in [6.07, 6.45) is 2.18. The first-order valence-corrected chi connectivity index (χ1v) is 5.77. The van der Waals surface area contributed by atoms with E-state index in [4.69, 9.17) is 4.74 Å². The second kappa shape index (κ2) is 6.48. The lowest BCUT2D eigenvalue weighted by Crippen LogP contribution is -2.26. The topological polar surface area (TPSA) is 21.3 Å². The molecule has 3 heteroatoms. The second-order valence-corrected chi connectivity index (χ2v) is 3.86. The molecule has 0 saturated carbocycles. The Morgan fingerprint density at radius 2 is 2.00 bits per heavy atom. The van der Waals surface area contributed by atoms with Crippen molar-refractivity contribution < 1.29 is 9.13 Å². The van der Waals surface area contributed by atoms with Crippen LogP contribution in [-0.4, -0.2) is 13.2 Å². The Morgan fingerprint density at radius 1 is 1.31 bits per heavy atom. The monoisotopic (exact) mass is 225 g/mol. The van der Waals surface area contributed by atoms with Gasteiger partial charge in [-0.15, -0.1) is 0 Å². The fourth-order valence-electron chi connectivity index (χ4n) is 1.66. The van der Waals surface area contributed by atoms with Crippen molar-refractivity contribution >= 4 is 0 Å². The molecule has 0 heterocycles. The highest BCUT2D eigenvalue weighted by Gasteiger charge is 2.05. The summed E-state index contributed by atoms with van der Waals surface area (Å²) < 4.78 is 18.3. The number of ether oxygens (including phenoxy) is 1. The van der Waals surface area contributed by atoms with E-state index in [1.54, 1.807) is 6.07 Å². The zero-order chi connectivity index (χ0) is 12.0. The van der Waals surface area contributed by atoms with E-state index in [9.17, 15) is 4.39 Å². The maximum absolute atomic E-state index is 13.4. The Hall–Kier alpha value is -1.09. The van der Waals surface area contributed by atoms with E-state index in [-0.39, 0.29) is 5.82 Å². The lowest BCUT2D eigenvalue weighted by molar-refractivity contribution is 0.385. The van der Waals surface area contributed by atoms with Crippen molar-refractivity contribution in [1.82, 2.24) is 5.32 Å². The van der Waals surface area contributed by atoms with Crippen molar-refractivity contribution in [3.63, 3.8) is 0 Å². The van der Waals surface area contributed by atoms with Gasteiger partial charge in [-0.2, -0.15) is 0 Å². The highest BCUT2D eigenvalue weighted by molar-refractivity contribution is 5.29. The van der Waals surface area contributed by atoms with Crippen LogP contribution in [0.25, 0.3) is 0 Å². The zero-order valence-corrected chi connectivity index (χ0v) is 10.2. The minimum absolute atomic E-state index is 0.297. The van der Waals surface area contributed by atoms with Gasteiger partial charge < -0.3 is 10.1 Å². The molecule has 0 bridgehead atoms. The number of hydrogen-bond donors (Lipinski definition) is 1. The Balaban J connectivity index is 2.58. The molecule has 0 unspecified atom stereocenters. The molecule has 0 amide bonds. The van der Waals surface area contributed by atoms with Crippen molar-refractivity contribution in [2.45, 2.75) is 39.3 Å². The van der Waals surface area contributed by atoms with Crippen LogP contribution in [-0.2, 0) is 6.54 Å². The third-order valence-electron chi connectivity index (χ3n) is 2.80. The van der Waals surface area contributed by atoms with Crippen LogP contribution in [0.5, 0.6) is 5.75 Å². The summed E-state index contributed by atoms with van der Waals surface area (Å²) in [7, 11) is 1.47. The van der Waals surface area contributed by atoms with Crippen molar-refractivity contribution in [2.75, 3.05) is 7.11 Å². The van der Waals surface area contributed by atoms with E-state index >= 15 is 0 Å². The first-order valence-electron chi connectivity index (χ1n) is 5.77. The molecular formula is C13H20FNO. The lowest BCUT2D eigenvalue weighted by atomic mass is 10.1. The van der Waals surface area contributed by atoms with Crippen molar-refractivity contribution in [1.29, 1.82) is 0 Å². The van der Waals surface area contributed by atoms with E-state index < -0.39 is 0 Å². The number of hydrogen-bond acceptors (Lipinski definition) is 2. The molecule has 0 fully saturated rings. The molecule has 90 valence electrons. The zero-order valence-electron chi connectivity index (χ0n) is 10.2. The first kappa shape index (κ1) is 13.0. The SMILES string of the molecule is CCC(CC)NCc1ccc(OC)c(F)c1. The molecule has 1 N–H and O–H groups in total. The summed E-state index contributed by atoms with van der Waals surface area (Å²) in [5.41, 5.74) is 0.949. The van der Waals surface area contributed by atoms with E-state index in [1.165, 1.54) is 13.2 Å². The van der Waals surface area contributed by atoms with Crippen LogP contribution < -0.4 is 10.1 Å². The van der Waals surface area contributed by atoms with E-state index in [1.807, 2.05) is 6.07 Å².